The average Bonchev–Trinajstić information content (AvgIpc) is 2.36. The summed E-state index contributed by atoms with van der Waals surface area (Å²) >= 11 is 6.64. The minimum Gasteiger partial charge on any atom is -0.489 e. The predicted molar refractivity (Wildman–Crippen MR) is 80.5 cm³/mol. The Kier molecular flexibility index (Phi) is 4.96. The van der Waals surface area contributed by atoms with Crippen molar-refractivity contribution in [2.45, 2.75) is 13.2 Å². The number of halogens is 3. The van der Waals surface area contributed by atoms with Crippen LogP contribution in [0.25, 0.3) is 0 Å². The van der Waals surface area contributed by atoms with Gasteiger partial charge in [-0.2, -0.15) is 0 Å². The maximum absolute atomic E-state index is 13.2. The summed E-state index contributed by atoms with van der Waals surface area (Å²) in [4.78, 5) is 0. The van der Waals surface area contributed by atoms with E-state index in [1.165, 1.54) is 12.1 Å². The van der Waals surface area contributed by atoms with Crippen molar-refractivity contribution in [3.05, 3.63) is 62.3 Å². The molecule has 0 atom stereocenters. The van der Waals surface area contributed by atoms with Crippen LogP contribution in [0.5, 0.6) is 5.75 Å². The van der Waals surface area contributed by atoms with Gasteiger partial charge in [0.2, 0.25) is 0 Å². The molecule has 0 bridgehead atoms. The summed E-state index contributed by atoms with van der Waals surface area (Å²) in [5.74, 6) is 0.425. The fourth-order valence-corrected chi connectivity index (χ4v) is 2.62. The van der Waals surface area contributed by atoms with Gasteiger partial charge in [-0.3, -0.25) is 0 Å². The van der Waals surface area contributed by atoms with Gasteiger partial charge in [-0.25, -0.2) is 4.39 Å². The van der Waals surface area contributed by atoms with Crippen LogP contribution >= 0.6 is 31.9 Å². The van der Waals surface area contributed by atoms with E-state index < -0.39 is 0 Å². The number of benzene rings is 2. The first-order valence-corrected chi connectivity index (χ1v) is 7.23. The van der Waals surface area contributed by atoms with Crippen molar-refractivity contribution in [2.75, 3.05) is 0 Å². The molecule has 0 saturated carbocycles. The van der Waals surface area contributed by atoms with Crippen molar-refractivity contribution in [2.24, 2.45) is 5.73 Å². The number of hydrogen-bond donors (Lipinski definition) is 1. The topological polar surface area (TPSA) is 35.2 Å². The minimum atomic E-state index is -0.289. The maximum atomic E-state index is 13.2. The molecule has 0 heterocycles. The van der Waals surface area contributed by atoms with Crippen molar-refractivity contribution in [3.63, 3.8) is 0 Å². The van der Waals surface area contributed by atoms with Crippen LogP contribution in [0.3, 0.4) is 0 Å². The van der Waals surface area contributed by atoms with Crippen LogP contribution < -0.4 is 10.5 Å². The van der Waals surface area contributed by atoms with E-state index in [1.54, 1.807) is 0 Å². The van der Waals surface area contributed by atoms with E-state index in [-0.39, 0.29) is 5.82 Å². The Balaban J connectivity index is 2.14. The zero-order valence-electron chi connectivity index (χ0n) is 10.00. The monoisotopic (exact) mass is 387 g/mol. The molecule has 2 aromatic rings. The molecule has 5 heteroatoms. The van der Waals surface area contributed by atoms with Gasteiger partial charge in [-0.05, 0) is 42.0 Å². The van der Waals surface area contributed by atoms with Crippen LogP contribution in [0, 0.1) is 5.82 Å². The lowest BCUT2D eigenvalue weighted by Crippen LogP contribution is -2.03. The van der Waals surface area contributed by atoms with Crippen molar-refractivity contribution >= 4 is 31.9 Å². The molecule has 0 radical (unpaired) electrons. The first kappa shape index (κ1) is 14.5. The summed E-state index contributed by atoms with van der Waals surface area (Å²) in [5.41, 5.74) is 7.34. The standard InChI is InChI=1S/C14H12Br2FNO/c15-11-1-2-14(10(5-11)7-18)19-8-9-3-12(16)6-13(17)4-9/h1-6H,7-8,18H2. The maximum Gasteiger partial charge on any atom is 0.124 e. The SMILES string of the molecule is NCc1cc(Br)ccc1OCc1cc(F)cc(Br)c1. The molecular formula is C14H12Br2FNO. The smallest absolute Gasteiger partial charge is 0.124 e. The molecular weight excluding hydrogens is 377 g/mol. The van der Waals surface area contributed by atoms with E-state index in [0.29, 0.717) is 23.4 Å². The number of hydrogen-bond acceptors (Lipinski definition) is 2. The molecule has 0 aliphatic carbocycles. The van der Waals surface area contributed by atoms with E-state index in [1.807, 2.05) is 24.3 Å². The summed E-state index contributed by atoms with van der Waals surface area (Å²) in [6.45, 7) is 0.687. The largest absolute Gasteiger partial charge is 0.489 e. The van der Waals surface area contributed by atoms with E-state index in [0.717, 1.165) is 15.6 Å². The lowest BCUT2D eigenvalue weighted by Gasteiger charge is -2.11. The van der Waals surface area contributed by atoms with Gasteiger partial charge in [0.1, 0.15) is 18.2 Å². The molecule has 2 N–H and O–H groups in total. The van der Waals surface area contributed by atoms with Crippen LogP contribution in [0.2, 0.25) is 0 Å². The summed E-state index contributed by atoms with van der Waals surface area (Å²) in [7, 11) is 0. The zero-order valence-corrected chi connectivity index (χ0v) is 13.2. The van der Waals surface area contributed by atoms with Crippen LogP contribution in [0.1, 0.15) is 11.1 Å². The lowest BCUT2D eigenvalue weighted by molar-refractivity contribution is 0.302. The van der Waals surface area contributed by atoms with Crippen molar-refractivity contribution in [3.8, 4) is 5.75 Å². The summed E-state index contributed by atoms with van der Waals surface area (Å²) < 4.78 is 20.6. The molecule has 0 spiro atoms. The Morgan fingerprint density at radius 3 is 2.53 bits per heavy atom. The summed E-state index contributed by atoms with van der Waals surface area (Å²) in [6.07, 6.45) is 0. The molecule has 0 aliphatic heterocycles. The highest BCUT2D eigenvalue weighted by molar-refractivity contribution is 9.10. The normalized spacial score (nSPS) is 10.5. The second-order valence-electron chi connectivity index (χ2n) is 4.02. The van der Waals surface area contributed by atoms with Gasteiger partial charge in [0.05, 0.1) is 0 Å². The highest BCUT2D eigenvalue weighted by Crippen LogP contribution is 2.24. The van der Waals surface area contributed by atoms with E-state index >= 15 is 0 Å². The van der Waals surface area contributed by atoms with Crippen LogP contribution in [0.15, 0.2) is 45.3 Å². The molecule has 2 rings (SSSR count). The molecule has 2 aromatic carbocycles. The highest BCUT2D eigenvalue weighted by Gasteiger charge is 2.05. The van der Waals surface area contributed by atoms with Gasteiger partial charge in [0.15, 0.2) is 0 Å². The first-order valence-electron chi connectivity index (χ1n) is 5.65. The fraction of sp³-hybridized carbons (Fsp3) is 0.143. The van der Waals surface area contributed by atoms with Gasteiger partial charge in [-0.15, -0.1) is 0 Å². The van der Waals surface area contributed by atoms with E-state index in [2.05, 4.69) is 31.9 Å². The Morgan fingerprint density at radius 1 is 1.05 bits per heavy atom. The molecule has 19 heavy (non-hydrogen) atoms. The summed E-state index contributed by atoms with van der Waals surface area (Å²) in [5, 5.41) is 0. The van der Waals surface area contributed by atoms with Gasteiger partial charge < -0.3 is 10.5 Å². The third-order valence-electron chi connectivity index (χ3n) is 2.56. The highest BCUT2D eigenvalue weighted by atomic mass is 79.9. The number of nitrogens with two attached hydrogens (primary N) is 1. The third-order valence-corrected chi connectivity index (χ3v) is 3.51. The second-order valence-corrected chi connectivity index (χ2v) is 5.85. The van der Waals surface area contributed by atoms with E-state index in [4.69, 9.17) is 10.5 Å². The Bertz CT molecular complexity index is 569. The third kappa shape index (κ3) is 4.03. The fourth-order valence-electron chi connectivity index (χ4n) is 1.70. The minimum absolute atomic E-state index is 0.289. The van der Waals surface area contributed by atoms with Crippen LogP contribution in [0.4, 0.5) is 4.39 Å². The molecule has 100 valence electrons. The first-order chi connectivity index (χ1) is 9.08. The van der Waals surface area contributed by atoms with Gasteiger partial charge in [0.25, 0.3) is 0 Å². The Labute approximate surface area is 128 Å². The van der Waals surface area contributed by atoms with Crippen molar-refractivity contribution in [1.82, 2.24) is 0 Å². The average molecular weight is 389 g/mol. The molecule has 0 amide bonds. The van der Waals surface area contributed by atoms with Gasteiger partial charge in [-0.1, -0.05) is 31.9 Å². The summed E-state index contributed by atoms with van der Waals surface area (Å²) in [6, 6.07) is 10.3. The molecule has 2 nitrogen and oxygen atoms in total. The molecule has 0 aromatic heterocycles. The quantitative estimate of drug-likeness (QED) is 0.842. The predicted octanol–water partition coefficient (Wildman–Crippen LogP) is 4.39. The number of rotatable bonds is 4. The lowest BCUT2D eigenvalue weighted by atomic mass is 10.2. The van der Waals surface area contributed by atoms with Crippen molar-refractivity contribution < 1.29 is 9.13 Å². The van der Waals surface area contributed by atoms with Gasteiger partial charge >= 0.3 is 0 Å². The van der Waals surface area contributed by atoms with E-state index in [9.17, 15) is 4.39 Å². The van der Waals surface area contributed by atoms with Crippen LogP contribution in [-0.2, 0) is 13.2 Å². The Morgan fingerprint density at radius 2 is 1.84 bits per heavy atom. The molecule has 0 aliphatic rings. The molecule has 0 unspecified atom stereocenters. The molecule has 0 saturated heterocycles. The van der Waals surface area contributed by atoms with Crippen molar-refractivity contribution in [1.29, 1.82) is 0 Å². The Hall–Kier alpha value is -0.910. The van der Waals surface area contributed by atoms with Gasteiger partial charge in [0, 0.05) is 21.1 Å². The second kappa shape index (κ2) is 6.50. The zero-order chi connectivity index (χ0) is 13.8. The van der Waals surface area contributed by atoms with Crippen LogP contribution in [-0.4, -0.2) is 0 Å². The molecule has 0 fully saturated rings. The number of ether oxygens (including phenoxy) is 1.